The van der Waals surface area contributed by atoms with E-state index >= 15 is 0 Å². The molecule has 17 heavy (non-hydrogen) atoms. The zero-order valence-electron chi connectivity index (χ0n) is 9.99. The van der Waals surface area contributed by atoms with Gasteiger partial charge in [-0.2, -0.15) is 5.26 Å². The first-order valence-corrected chi connectivity index (χ1v) is 5.42. The summed E-state index contributed by atoms with van der Waals surface area (Å²) in [5, 5.41) is 8.98. The molecule has 0 saturated carbocycles. The summed E-state index contributed by atoms with van der Waals surface area (Å²) >= 11 is 0. The normalized spacial score (nSPS) is 19.5. The summed E-state index contributed by atoms with van der Waals surface area (Å²) in [5.41, 5.74) is 0.767. The number of ether oxygens (including phenoxy) is 2. The summed E-state index contributed by atoms with van der Waals surface area (Å²) in [5.74, 6) is -1.16. The fourth-order valence-corrected chi connectivity index (χ4v) is 2.06. The van der Waals surface area contributed by atoms with Crippen molar-refractivity contribution in [3.8, 4) is 6.07 Å². The molecule has 1 aliphatic carbocycles. The van der Waals surface area contributed by atoms with Gasteiger partial charge in [0.25, 0.3) is 0 Å². The van der Waals surface area contributed by atoms with Gasteiger partial charge in [-0.1, -0.05) is 0 Å². The molecule has 0 aromatic rings. The molecule has 1 aliphatic rings. The van der Waals surface area contributed by atoms with Gasteiger partial charge in [-0.15, -0.1) is 0 Å². The number of carbonyl (C=O) groups is 2. The van der Waals surface area contributed by atoms with Crippen LogP contribution in [-0.2, 0) is 19.1 Å². The number of rotatable bonds is 3. The van der Waals surface area contributed by atoms with Crippen LogP contribution in [0.4, 0.5) is 0 Å². The number of esters is 2. The molecule has 5 heteroatoms. The van der Waals surface area contributed by atoms with Gasteiger partial charge in [-0.05, 0) is 19.3 Å². The Balaban J connectivity index is 2.99. The fourth-order valence-electron chi connectivity index (χ4n) is 2.06. The zero-order valence-corrected chi connectivity index (χ0v) is 9.99. The Hall–Kier alpha value is -1.83. The van der Waals surface area contributed by atoms with E-state index in [1.807, 2.05) is 6.07 Å². The minimum Gasteiger partial charge on any atom is -0.469 e. The first kappa shape index (κ1) is 13.2. The second-order valence-corrected chi connectivity index (χ2v) is 3.87. The van der Waals surface area contributed by atoms with Gasteiger partial charge in [-0.3, -0.25) is 4.79 Å². The van der Waals surface area contributed by atoms with E-state index in [9.17, 15) is 9.59 Å². The fraction of sp³-hybridized carbons (Fsp3) is 0.583. The second-order valence-electron chi connectivity index (χ2n) is 3.87. The van der Waals surface area contributed by atoms with Gasteiger partial charge in [0.15, 0.2) is 0 Å². The van der Waals surface area contributed by atoms with Crippen molar-refractivity contribution in [3.63, 3.8) is 0 Å². The average Bonchev–Trinajstić information content (AvgIpc) is 2.37. The van der Waals surface area contributed by atoms with Gasteiger partial charge >= 0.3 is 11.9 Å². The smallest absolute Gasteiger partial charge is 0.335 e. The number of methoxy groups -OCH3 is 2. The van der Waals surface area contributed by atoms with Gasteiger partial charge in [0, 0.05) is 11.5 Å². The van der Waals surface area contributed by atoms with E-state index in [2.05, 4.69) is 9.47 Å². The van der Waals surface area contributed by atoms with Gasteiger partial charge in [0.1, 0.15) is 0 Å². The number of hydrogen-bond donors (Lipinski definition) is 0. The summed E-state index contributed by atoms with van der Waals surface area (Å²) in [4.78, 5) is 22.9. The van der Waals surface area contributed by atoms with Gasteiger partial charge in [-0.25, -0.2) is 4.79 Å². The highest BCUT2D eigenvalue weighted by Gasteiger charge is 2.30. The number of allylic oxidation sites excluding steroid dienone is 1. The molecule has 0 fully saturated rings. The highest BCUT2D eigenvalue weighted by molar-refractivity contribution is 5.91. The van der Waals surface area contributed by atoms with E-state index in [-0.39, 0.29) is 18.3 Å². The van der Waals surface area contributed by atoms with E-state index < -0.39 is 5.97 Å². The van der Waals surface area contributed by atoms with Crippen LogP contribution in [0.15, 0.2) is 11.1 Å². The monoisotopic (exact) mass is 237 g/mol. The highest BCUT2D eigenvalue weighted by Crippen LogP contribution is 2.33. The third-order valence-corrected chi connectivity index (χ3v) is 2.89. The van der Waals surface area contributed by atoms with Crippen molar-refractivity contribution in [1.29, 1.82) is 5.26 Å². The van der Waals surface area contributed by atoms with Crippen LogP contribution in [0.25, 0.3) is 0 Å². The molecule has 0 aromatic heterocycles. The van der Waals surface area contributed by atoms with Crippen molar-refractivity contribution >= 4 is 11.9 Å². The number of nitriles is 1. The maximum Gasteiger partial charge on any atom is 0.335 e. The van der Waals surface area contributed by atoms with Crippen LogP contribution in [0.2, 0.25) is 0 Å². The van der Waals surface area contributed by atoms with Crippen LogP contribution in [0.1, 0.15) is 25.7 Å². The lowest BCUT2D eigenvalue weighted by Gasteiger charge is -2.23. The molecule has 5 nitrogen and oxygen atoms in total. The summed E-state index contributed by atoms with van der Waals surface area (Å²) in [6, 6.07) is 2.02. The lowest BCUT2D eigenvalue weighted by molar-refractivity contribution is -0.142. The third-order valence-electron chi connectivity index (χ3n) is 2.89. The van der Waals surface area contributed by atoms with Crippen LogP contribution in [-0.4, -0.2) is 26.2 Å². The van der Waals surface area contributed by atoms with Crippen LogP contribution >= 0.6 is 0 Å². The molecule has 0 bridgehead atoms. The molecule has 0 aliphatic heterocycles. The molecule has 0 radical (unpaired) electrons. The second kappa shape index (κ2) is 6.04. The molecular weight excluding hydrogens is 222 g/mol. The third kappa shape index (κ3) is 3.06. The van der Waals surface area contributed by atoms with Crippen molar-refractivity contribution < 1.29 is 19.1 Å². The highest BCUT2D eigenvalue weighted by atomic mass is 16.5. The Morgan fingerprint density at radius 1 is 1.41 bits per heavy atom. The van der Waals surface area contributed by atoms with Crippen molar-refractivity contribution in [2.45, 2.75) is 25.7 Å². The maximum absolute atomic E-state index is 11.6. The van der Waals surface area contributed by atoms with Crippen LogP contribution in [0.3, 0.4) is 0 Å². The van der Waals surface area contributed by atoms with Gasteiger partial charge in [0.2, 0.25) is 0 Å². The Kier molecular flexibility index (Phi) is 4.70. The number of hydrogen-bond acceptors (Lipinski definition) is 5. The van der Waals surface area contributed by atoms with Crippen molar-refractivity contribution in [2.24, 2.45) is 5.92 Å². The molecule has 1 unspecified atom stereocenters. The Bertz CT molecular complexity index is 392. The topological polar surface area (TPSA) is 76.4 Å². The number of carbonyl (C=O) groups excluding carboxylic acids is 2. The summed E-state index contributed by atoms with van der Waals surface area (Å²) in [7, 11) is 2.58. The first-order valence-electron chi connectivity index (χ1n) is 5.42. The largest absolute Gasteiger partial charge is 0.469 e. The first-order chi connectivity index (χ1) is 8.13. The Morgan fingerprint density at radius 3 is 2.65 bits per heavy atom. The van der Waals surface area contributed by atoms with E-state index in [1.165, 1.54) is 14.2 Å². The molecule has 0 spiro atoms. The summed E-state index contributed by atoms with van der Waals surface area (Å²) in [6.07, 6.45) is 2.18. The predicted molar refractivity (Wildman–Crippen MR) is 58.6 cm³/mol. The molecule has 0 heterocycles. The van der Waals surface area contributed by atoms with Crippen LogP contribution in [0, 0.1) is 17.2 Å². The predicted octanol–water partition coefficient (Wildman–Crippen LogP) is 1.34. The van der Waals surface area contributed by atoms with E-state index in [1.54, 1.807) is 0 Å². The van der Waals surface area contributed by atoms with Crippen LogP contribution in [0.5, 0.6) is 0 Å². The average molecular weight is 237 g/mol. The maximum atomic E-state index is 11.6. The lowest BCUT2D eigenvalue weighted by atomic mass is 9.81. The summed E-state index contributed by atoms with van der Waals surface area (Å²) < 4.78 is 9.25. The van der Waals surface area contributed by atoms with Gasteiger partial charge < -0.3 is 9.47 Å². The van der Waals surface area contributed by atoms with Crippen LogP contribution < -0.4 is 0 Å². The van der Waals surface area contributed by atoms with E-state index in [4.69, 9.17) is 5.26 Å². The zero-order chi connectivity index (χ0) is 12.8. The molecule has 1 atom stereocenters. The van der Waals surface area contributed by atoms with Crippen molar-refractivity contribution in [2.75, 3.05) is 14.2 Å². The van der Waals surface area contributed by atoms with E-state index in [0.717, 1.165) is 6.42 Å². The van der Waals surface area contributed by atoms with Crippen molar-refractivity contribution in [1.82, 2.24) is 0 Å². The lowest BCUT2D eigenvalue weighted by Crippen LogP contribution is -2.23. The molecule has 1 rings (SSSR count). The SMILES string of the molecule is COC(=O)CC1CCCC(C#N)=C1C(=O)OC. The van der Waals surface area contributed by atoms with Crippen molar-refractivity contribution in [3.05, 3.63) is 11.1 Å². The molecule has 0 N–H and O–H groups in total. The van der Waals surface area contributed by atoms with E-state index in [0.29, 0.717) is 24.0 Å². The number of nitrogens with zero attached hydrogens (tertiary/aromatic N) is 1. The Labute approximate surface area is 100 Å². The molecule has 92 valence electrons. The standard InChI is InChI=1S/C12H15NO4/c1-16-10(14)6-8-4-3-5-9(7-13)11(8)12(15)17-2/h8H,3-6H2,1-2H3. The quantitative estimate of drug-likeness (QED) is 0.692. The minimum absolute atomic E-state index is 0.117. The summed E-state index contributed by atoms with van der Waals surface area (Å²) in [6.45, 7) is 0. The minimum atomic E-state index is -0.518. The Morgan fingerprint density at radius 2 is 2.12 bits per heavy atom. The molecule has 0 aromatic carbocycles. The molecular formula is C12H15NO4. The van der Waals surface area contributed by atoms with Gasteiger partial charge in [0.05, 0.1) is 32.3 Å². The molecule has 0 saturated heterocycles. The molecule has 0 amide bonds.